The lowest BCUT2D eigenvalue weighted by Crippen LogP contribution is -2.39. The standard InChI is InChI=1S/C14H18Cl2N2OS/c1-20-10-4-2-3-9(7-10)18-14(19)8-5-11(15)13(16)12(17)6-8/h5-6,9-10H,2-4,7,17H2,1H3,(H,18,19). The monoisotopic (exact) mass is 332 g/mol. The lowest BCUT2D eigenvalue weighted by atomic mass is 9.94. The van der Waals surface area contributed by atoms with Gasteiger partial charge in [-0.1, -0.05) is 29.6 Å². The molecule has 0 radical (unpaired) electrons. The average Bonchev–Trinajstić information content (AvgIpc) is 2.44. The topological polar surface area (TPSA) is 55.1 Å². The summed E-state index contributed by atoms with van der Waals surface area (Å²) >= 11 is 13.7. The molecule has 0 aromatic heterocycles. The molecule has 1 aliphatic carbocycles. The molecule has 0 saturated heterocycles. The molecule has 1 fully saturated rings. The van der Waals surface area contributed by atoms with Crippen LogP contribution in [0.4, 0.5) is 5.69 Å². The predicted octanol–water partition coefficient (Wildman–Crippen LogP) is 3.98. The maximum atomic E-state index is 12.2. The van der Waals surface area contributed by atoms with Crippen molar-refractivity contribution in [1.82, 2.24) is 5.32 Å². The summed E-state index contributed by atoms with van der Waals surface area (Å²) < 4.78 is 0. The second kappa shape index (κ2) is 6.92. The van der Waals surface area contributed by atoms with Gasteiger partial charge in [0.25, 0.3) is 5.91 Å². The van der Waals surface area contributed by atoms with Gasteiger partial charge in [-0.3, -0.25) is 4.79 Å². The van der Waals surface area contributed by atoms with E-state index in [1.54, 1.807) is 12.1 Å². The zero-order chi connectivity index (χ0) is 14.7. The molecule has 3 nitrogen and oxygen atoms in total. The van der Waals surface area contributed by atoms with E-state index in [2.05, 4.69) is 11.6 Å². The van der Waals surface area contributed by atoms with Crippen molar-refractivity contribution in [3.05, 3.63) is 27.7 Å². The largest absolute Gasteiger partial charge is 0.397 e. The molecule has 0 aliphatic heterocycles. The molecule has 1 aliphatic rings. The van der Waals surface area contributed by atoms with Crippen LogP contribution in [-0.2, 0) is 0 Å². The number of nitrogens with two attached hydrogens (primary N) is 1. The highest BCUT2D eigenvalue weighted by Gasteiger charge is 2.23. The molecule has 1 aromatic carbocycles. The van der Waals surface area contributed by atoms with E-state index < -0.39 is 0 Å². The van der Waals surface area contributed by atoms with Crippen molar-refractivity contribution in [2.24, 2.45) is 0 Å². The van der Waals surface area contributed by atoms with E-state index in [1.165, 1.54) is 6.42 Å². The highest BCUT2D eigenvalue weighted by molar-refractivity contribution is 7.99. The molecule has 1 aromatic rings. The van der Waals surface area contributed by atoms with E-state index in [0.29, 0.717) is 26.5 Å². The number of nitrogens with one attached hydrogen (secondary N) is 1. The van der Waals surface area contributed by atoms with Gasteiger partial charge >= 0.3 is 0 Å². The van der Waals surface area contributed by atoms with Crippen molar-refractivity contribution in [3.63, 3.8) is 0 Å². The summed E-state index contributed by atoms with van der Waals surface area (Å²) in [7, 11) is 0. The molecule has 6 heteroatoms. The molecular weight excluding hydrogens is 315 g/mol. The molecule has 0 spiro atoms. The molecule has 110 valence electrons. The predicted molar refractivity (Wildman–Crippen MR) is 87.9 cm³/mol. The van der Waals surface area contributed by atoms with E-state index in [0.717, 1.165) is 19.3 Å². The third-order valence-corrected chi connectivity index (χ3v) is 5.52. The number of halogens is 2. The fourth-order valence-electron chi connectivity index (χ4n) is 2.50. The van der Waals surface area contributed by atoms with Gasteiger partial charge in [0, 0.05) is 16.9 Å². The molecule has 0 bridgehead atoms. The number of carbonyl (C=O) groups is 1. The maximum Gasteiger partial charge on any atom is 0.251 e. The smallest absolute Gasteiger partial charge is 0.251 e. The highest BCUT2D eigenvalue weighted by Crippen LogP contribution is 2.30. The number of carbonyl (C=O) groups excluding carboxylic acids is 1. The lowest BCUT2D eigenvalue weighted by Gasteiger charge is -2.28. The van der Waals surface area contributed by atoms with Crippen LogP contribution in [-0.4, -0.2) is 23.5 Å². The Balaban J connectivity index is 2.05. The minimum Gasteiger partial charge on any atom is -0.397 e. The van der Waals surface area contributed by atoms with Gasteiger partial charge in [-0.15, -0.1) is 0 Å². The Morgan fingerprint density at radius 1 is 1.40 bits per heavy atom. The molecule has 20 heavy (non-hydrogen) atoms. The molecule has 2 rings (SSSR count). The summed E-state index contributed by atoms with van der Waals surface area (Å²) in [6.45, 7) is 0. The quantitative estimate of drug-likeness (QED) is 0.823. The van der Waals surface area contributed by atoms with Crippen LogP contribution in [0.25, 0.3) is 0 Å². The van der Waals surface area contributed by atoms with Crippen LogP contribution in [0.15, 0.2) is 12.1 Å². The Morgan fingerprint density at radius 2 is 2.15 bits per heavy atom. The zero-order valence-electron chi connectivity index (χ0n) is 11.3. The van der Waals surface area contributed by atoms with Crippen LogP contribution >= 0.6 is 35.0 Å². The molecule has 1 amide bonds. The number of benzene rings is 1. The lowest BCUT2D eigenvalue weighted by molar-refractivity contribution is 0.0928. The van der Waals surface area contributed by atoms with Gasteiger partial charge in [0.2, 0.25) is 0 Å². The number of rotatable bonds is 3. The summed E-state index contributed by atoms with van der Waals surface area (Å²) in [6.07, 6.45) is 6.55. The molecule has 0 heterocycles. The Morgan fingerprint density at radius 3 is 2.80 bits per heavy atom. The third-order valence-electron chi connectivity index (χ3n) is 3.61. The van der Waals surface area contributed by atoms with E-state index in [-0.39, 0.29) is 11.9 Å². The average molecular weight is 333 g/mol. The van der Waals surface area contributed by atoms with Crippen molar-refractivity contribution in [2.45, 2.75) is 37.0 Å². The molecule has 1 saturated carbocycles. The first-order chi connectivity index (χ1) is 9.51. The van der Waals surface area contributed by atoms with E-state index in [1.807, 2.05) is 11.8 Å². The summed E-state index contributed by atoms with van der Waals surface area (Å²) in [5, 5.41) is 4.30. The second-order valence-electron chi connectivity index (χ2n) is 5.06. The van der Waals surface area contributed by atoms with Crippen molar-refractivity contribution >= 4 is 46.6 Å². The Hall–Kier alpha value is -0.580. The number of anilines is 1. The molecule has 2 atom stereocenters. The minimum atomic E-state index is -0.137. The number of hydrogen-bond donors (Lipinski definition) is 2. The van der Waals surface area contributed by atoms with Crippen LogP contribution in [0, 0.1) is 0 Å². The first-order valence-electron chi connectivity index (χ1n) is 6.59. The SMILES string of the molecule is CSC1CCCC(NC(=O)c2cc(N)c(Cl)c(Cl)c2)C1. The molecular formula is C14H18Cl2N2OS. The summed E-state index contributed by atoms with van der Waals surface area (Å²) in [5.74, 6) is -0.137. The highest BCUT2D eigenvalue weighted by atomic mass is 35.5. The van der Waals surface area contributed by atoms with Crippen LogP contribution < -0.4 is 11.1 Å². The van der Waals surface area contributed by atoms with Gasteiger partial charge < -0.3 is 11.1 Å². The van der Waals surface area contributed by atoms with Crippen molar-refractivity contribution in [3.8, 4) is 0 Å². The Bertz CT molecular complexity index is 487. The number of nitrogen functional groups attached to an aromatic ring is 1. The Labute approximate surface area is 133 Å². The Kier molecular flexibility index (Phi) is 5.47. The normalized spacial score (nSPS) is 22.6. The fourth-order valence-corrected chi connectivity index (χ4v) is 3.66. The van der Waals surface area contributed by atoms with Crippen molar-refractivity contribution in [1.29, 1.82) is 0 Å². The fraction of sp³-hybridized carbons (Fsp3) is 0.500. The maximum absolute atomic E-state index is 12.2. The van der Waals surface area contributed by atoms with Crippen molar-refractivity contribution < 1.29 is 4.79 Å². The number of amides is 1. The van der Waals surface area contributed by atoms with Gasteiger partial charge in [-0.25, -0.2) is 0 Å². The van der Waals surface area contributed by atoms with Crippen LogP contribution in [0.3, 0.4) is 0 Å². The number of hydrogen-bond acceptors (Lipinski definition) is 3. The molecule has 2 unspecified atom stereocenters. The van der Waals surface area contributed by atoms with Crippen molar-refractivity contribution in [2.75, 3.05) is 12.0 Å². The van der Waals surface area contributed by atoms with Gasteiger partial charge in [0.15, 0.2) is 0 Å². The van der Waals surface area contributed by atoms with Crippen LogP contribution in [0.2, 0.25) is 10.0 Å². The third kappa shape index (κ3) is 3.74. The number of thioether (sulfide) groups is 1. The minimum absolute atomic E-state index is 0.137. The first-order valence-corrected chi connectivity index (χ1v) is 8.63. The van der Waals surface area contributed by atoms with Crippen LogP contribution in [0.1, 0.15) is 36.0 Å². The summed E-state index contributed by atoms with van der Waals surface area (Å²) in [5.41, 5.74) is 6.53. The van der Waals surface area contributed by atoms with Gasteiger partial charge in [-0.2, -0.15) is 11.8 Å². The second-order valence-corrected chi connectivity index (χ2v) is 6.98. The summed E-state index contributed by atoms with van der Waals surface area (Å²) in [6, 6.07) is 3.35. The van der Waals surface area contributed by atoms with E-state index >= 15 is 0 Å². The van der Waals surface area contributed by atoms with Gasteiger partial charge in [0.1, 0.15) is 0 Å². The van der Waals surface area contributed by atoms with Crippen LogP contribution in [0.5, 0.6) is 0 Å². The van der Waals surface area contributed by atoms with E-state index in [4.69, 9.17) is 28.9 Å². The van der Waals surface area contributed by atoms with Gasteiger partial charge in [-0.05, 0) is 37.7 Å². The van der Waals surface area contributed by atoms with E-state index in [9.17, 15) is 4.79 Å². The summed E-state index contributed by atoms with van der Waals surface area (Å²) in [4.78, 5) is 12.2. The molecule has 3 N–H and O–H groups in total. The first kappa shape index (κ1) is 15.8. The zero-order valence-corrected chi connectivity index (χ0v) is 13.6. The van der Waals surface area contributed by atoms with Gasteiger partial charge in [0.05, 0.1) is 15.7 Å².